The Morgan fingerprint density at radius 1 is 1.17 bits per heavy atom. The zero-order chi connectivity index (χ0) is 16.1. The van der Waals surface area contributed by atoms with Gasteiger partial charge in [0, 0.05) is 30.1 Å². The lowest BCUT2D eigenvalue weighted by Gasteiger charge is -2.15. The Kier molecular flexibility index (Phi) is 7.16. The fourth-order valence-electron chi connectivity index (χ4n) is 2.79. The van der Waals surface area contributed by atoms with E-state index >= 15 is 0 Å². The van der Waals surface area contributed by atoms with Crippen molar-refractivity contribution in [3.05, 3.63) is 47.2 Å². The molecule has 24 heavy (non-hydrogen) atoms. The smallest absolute Gasteiger partial charge is 0.222 e. The van der Waals surface area contributed by atoms with E-state index in [1.165, 1.54) is 0 Å². The first-order chi connectivity index (χ1) is 11.2. The summed E-state index contributed by atoms with van der Waals surface area (Å²) < 4.78 is 5.84. The molecular weight excluding hydrogens is 347 g/mol. The van der Waals surface area contributed by atoms with Crippen molar-refractivity contribution in [2.75, 3.05) is 19.6 Å². The van der Waals surface area contributed by atoms with Gasteiger partial charge in [-0.05, 0) is 55.8 Å². The second-order valence-corrected chi connectivity index (χ2v) is 6.22. The van der Waals surface area contributed by atoms with Crippen molar-refractivity contribution in [3.8, 4) is 11.3 Å². The van der Waals surface area contributed by atoms with Gasteiger partial charge in [0.1, 0.15) is 11.5 Å². The lowest BCUT2D eigenvalue weighted by molar-refractivity contribution is -0.127. The van der Waals surface area contributed by atoms with Crippen molar-refractivity contribution >= 4 is 29.9 Å². The van der Waals surface area contributed by atoms with E-state index in [1.54, 1.807) is 0 Å². The first-order valence-corrected chi connectivity index (χ1v) is 8.43. The average molecular weight is 369 g/mol. The molecule has 1 amide bonds. The highest BCUT2D eigenvalue weighted by atomic mass is 35.5. The highest BCUT2D eigenvalue weighted by molar-refractivity contribution is 6.30. The number of nitrogens with zero attached hydrogens (tertiary/aromatic N) is 1. The van der Waals surface area contributed by atoms with Gasteiger partial charge in [0.2, 0.25) is 5.91 Å². The van der Waals surface area contributed by atoms with E-state index in [2.05, 4.69) is 5.32 Å². The van der Waals surface area contributed by atoms with Gasteiger partial charge in [0.25, 0.3) is 0 Å². The second-order valence-electron chi connectivity index (χ2n) is 5.79. The number of carbonyl (C=O) groups excluding carboxylic acids is 1. The lowest BCUT2D eigenvalue weighted by Crippen LogP contribution is -2.28. The van der Waals surface area contributed by atoms with E-state index in [0.29, 0.717) is 18.9 Å². The molecule has 1 fully saturated rings. The summed E-state index contributed by atoms with van der Waals surface area (Å²) in [6.07, 6.45) is 2.69. The van der Waals surface area contributed by atoms with Crippen LogP contribution in [-0.4, -0.2) is 30.4 Å². The third kappa shape index (κ3) is 5.00. The fraction of sp³-hybridized carbons (Fsp3) is 0.389. The van der Waals surface area contributed by atoms with Crippen molar-refractivity contribution in [3.63, 3.8) is 0 Å². The van der Waals surface area contributed by atoms with Crippen LogP contribution in [0.5, 0.6) is 0 Å². The summed E-state index contributed by atoms with van der Waals surface area (Å²) in [6.45, 7) is 3.34. The van der Waals surface area contributed by atoms with Crippen LogP contribution in [-0.2, 0) is 11.3 Å². The number of rotatable bonds is 7. The molecule has 4 nitrogen and oxygen atoms in total. The van der Waals surface area contributed by atoms with Crippen LogP contribution in [0.1, 0.15) is 25.0 Å². The Labute approximate surface area is 153 Å². The van der Waals surface area contributed by atoms with Gasteiger partial charge in [0.15, 0.2) is 0 Å². The Hall–Kier alpha value is -1.49. The van der Waals surface area contributed by atoms with Crippen molar-refractivity contribution in [1.82, 2.24) is 10.2 Å². The van der Waals surface area contributed by atoms with Gasteiger partial charge in [-0.1, -0.05) is 11.6 Å². The summed E-state index contributed by atoms with van der Waals surface area (Å²) in [4.78, 5) is 13.5. The summed E-state index contributed by atoms with van der Waals surface area (Å²) in [5, 5.41) is 4.08. The minimum absolute atomic E-state index is 0. The average Bonchev–Trinajstić information content (AvgIpc) is 3.17. The van der Waals surface area contributed by atoms with Crippen molar-refractivity contribution < 1.29 is 9.21 Å². The molecule has 0 aliphatic carbocycles. The maximum Gasteiger partial charge on any atom is 0.222 e. The van der Waals surface area contributed by atoms with E-state index in [-0.39, 0.29) is 12.4 Å². The molecule has 1 aromatic heterocycles. The summed E-state index contributed by atoms with van der Waals surface area (Å²) in [5.41, 5.74) is 1.02. The first-order valence-electron chi connectivity index (χ1n) is 8.05. The minimum Gasteiger partial charge on any atom is -0.460 e. The number of benzene rings is 1. The molecule has 1 N–H and O–H groups in total. The molecule has 130 valence electrons. The van der Waals surface area contributed by atoms with E-state index in [9.17, 15) is 4.79 Å². The molecule has 2 aromatic rings. The predicted octanol–water partition coefficient (Wildman–Crippen LogP) is 4.12. The standard InChI is InChI=1S/C18H21ClN2O2.ClH/c19-15-6-4-14(5-7-15)17-9-8-16(23-17)13-20-10-2-12-21-11-1-3-18(21)22;/h4-9,20H,1-3,10-13H2;1H. The first kappa shape index (κ1) is 18.8. The molecule has 1 saturated heterocycles. The number of likely N-dealkylation sites (tertiary alicyclic amines) is 1. The van der Waals surface area contributed by atoms with Crippen LogP contribution in [0.3, 0.4) is 0 Å². The zero-order valence-electron chi connectivity index (χ0n) is 13.5. The van der Waals surface area contributed by atoms with Gasteiger partial charge in [-0.15, -0.1) is 12.4 Å². The fourth-order valence-corrected chi connectivity index (χ4v) is 2.92. The van der Waals surface area contributed by atoms with Gasteiger partial charge in [-0.3, -0.25) is 4.79 Å². The largest absolute Gasteiger partial charge is 0.460 e. The summed E-state index contributed by atoms with van der Waals surface area (Å²) >= 11 is 5.89. The maximum absolute atomic E-state index is 11.5. The van der Waals surface area contributed by atoms with Crippen LogP contribution < -0.4 is 5.32 Å². The minimum atomic E-state index is 0. The number of furan rings is 1. The molecule has 0 saturated carbocycles. The van der Waals surface area contributed by atoms with E-state index < -0.39 is 0 Å². The molecular formula is C18H22Cl2N2O2. The van der Waals surface area contributed by atoms with E-state index in [1.807, 2.05) is 41.3 Å². The molecule has 0 unspecified atom stereocenters. The van der Waals surface area contributed by atoms with E-state index in [4.69, 9.17) is 16.0 Å². The Morgan fingerprint density at radius 3 is 2.67 bits per heavy atom. The van der Waals surface area contributed by atoms with Gasteiger partial charge in [0.05, 0.1) is 6.54 Å². The molecule has 0 atom stereocenters. The highest BCUT2D eigenvalue weighted by Gasteiger charge is 2.18. The van der Waals surface area contributed by atoms with Crippen LogP contribution in [0.25, 0.3) is 11.3 Å². The van der Waals surface area contributed by atoms with Gasteiger partial charge in [-0.25, -0.2) is 0 Å². The molecule has 0 bridgehead atoms. The molecule has 0 spiro atoms. The Balaban J connectivity index is 0.00000208. The second kappa shape index (κ2) is 9.11. The Morgan fingerprint density at radius 2 is 1.96 bits per heavy atom. The molecule has 1 aliphatic rings. The van der Waals surface area contributed by atoms with Crippen molar-refractivity contribution in [1.29, 1.82) is 0 Å². The third-order valence-electron chi connectivity index (χ3n) is 4.04. The highest BCUT2D eigenvalue weighted by Crippen LogP contribution is 2.23. The van der Waals surface area contributed by atoms with Gasteiger partial charge < -0.3 is 14.6 Å². The molecule has 6 heteroatoms. The zero-order valence-corrected chi connectivity index (χ0v) is 15.0. The SMILES string of the molecule is Cl.O=C1CCCN1CCCNCc1ccc(-c2ccc(Cl)cc2)o1. The van der Waals surface area contributed by atoms with Crippen LogP contribution >= 0.6 is 24.0 Å². The van der Waals surface area contributed by atoms with Crippen LogP contribution in [0.15, 0.2) is 40.8 Å². The Bertz CT molecular complexity index is 655. The molecule has 1 aliphatic heterocycles. The van der Waals surface area contributed by atoms with Gasteiger partial charge >= 0.3 is 0 Å². The van der Waals surface area contributed by atoms with Crippen molar-refractivity contribution in [2.45, 2.75) is 25.8 Å². The normalized spacial score (nSPS) is 14.0. The number of hydrogen-bond acceptors (Lipinski definition) is 3. The number of carbonyl (C=O) groups is 1. The number of amides is 1. The molecule has 3 rings (SSSR count). The monoisotopic (exact) mass is 368 g/mol. The third-order valence-corrected chi connectivity index (χ3v) is 4.29. The number of hydrogen-bond donors (Lipinski definition) is 1. The number of halogens is 2. The summed E-state index contributed by atoms with van der Waals surface area (Å²) in [5.74, 6) is 2.05. The summed E-state index contributed by atoms with van der Waals surface area (Å²) in [6, 6.07) is 11.6. The predicted molar refractivity (Wildman–Crippen MR) is 98.5 cm³/mol. The lowest BCUT2D eigenvalue weighted by atomic mass is 10.2. The van der Waals surface area contributed by atoms with Crippen LogP contribution in [0.2, 0.25) is 5.02 Å². The summed E-state index contributed by atoms with van der Waals surface area (Å²) in [7, 11) is 0. The quantitative estimate of drug-likeness (QED) is 0.747. The molecule has 0 radical (unpaired) electrons. The topological polar surface area (TPSA) is 45.5 Å². The molecule has 2 heterocycles. The van der Waals surface area contributed by atoms with E-state index in [0.717, 1.165) is 54.6 Å². The molecule has 1 aromatic carbocycles. The number of nitrogens with one attached hydrogen (secondary N) is 1. The van der Waals surface area contributed by atoms with Gasteiger partial charge in [-0.2, -0.15) is 0 Å². The van der Waals surface area contributed by atoms with Crippen molar-refractivity contribution in [2.24, 2.45) is 0 Å². The van der Waals surface area contributed by atoms with Crippen LogP contribution in [0.4, 0.5) is 0 Å². The van der Waals surface area contributed by atoms with Crippen LogP contribution in [0, 0.1) is 0 Å². The maximum atomic E-state index is 11.5.